The summed E-state index contributed by atoms with van der Waals surface area (Å²) in [5.41, 5.74) is 5.62. The first-order valence-electron chi connectivity index (χ1n) is 2.77. The van der Waals surface area contributed by atoms with E-state index < -0.39 is 0 Å². The maximum absolute atomic E-state index is 5.56. The Morgan fingerprint density at radius 3 is 1.82 bits per heavy atom. The topological polar surface area (TPSA) is 26.0 Å². The Kier molecular flexibility index (Phi) is 6.22. The van der Waals surface area contributed by atoms with E-state index in [1.165, 1.54) is 0 Å². The summed E-state index contributed by atoms with van der Waals surface area (Å²) in [6, 6.07) is 7.08. The van der Waals surface area contributed by atoms with Gasteiger partial charge in [0.2, 0.25) is 0 Å². The third-order valence-corrected chi connectivity index (χ3v) is 1.26. The first kappa shape index (κ1) is 10.7. The molecule has 0 amide bonds. The lowest BCUT2D eigenvalue weighted by atomic mass is 10.4. The minimum absolute atomic E-state index is 0.678. The monoisotopic (exact) mass is 207 g/mol. The fraction of sp³-hybridized carbons (Fsp3) is 0. The van der Waals surface area contributed by atoms with Crippen molar-refractivity contribution in [1.29, 1.82) is 0 Å². The second-order valence-corrected chi connectivity index (χ2v) is 2.72. The van der Waals surface area contributed by atoms with Crippen molar-refractivity contribution >= 4 is 40.9 Å². The molecule has 60 valence electrons. The first-order chi connectivity index (χ1) is 5.20. The summed E-state index contributed by atoms with van der Waals surface area (Å²) in [4.78, 5) is 0. The summed E-state index contributed by atoms with van der Waals surface area (Å²) in [6.07, 6.45) is 0. The van der Waals surface area contributed by atoms with Gasteiger partial charge < -0.3 is 5.73 Å². The molecule has 2 N–H and O–H groups in total. The molecule has 1 rings (SSSR count). The predicted molar refractivity (Wildman–Crippen MR) is 54.3 cm³/mol. The van der Waals surface area contributed by atoms with Gasteiger partial charge in [-0.25, -0.2) is 0 Å². The van der Waals surface area contributed by atoms with Crippen molar-refractivity contribution in [3.63, 3.8) is 0 Å². The van der Waals surface area contributed by atoms with E-state index in [4.69, 9.17) is 23.2 Å². The van der Waals surface area contributed by atoms with Crippen molar-refractivity contribution in [2.45, 2.75) is 0 Å². The van der Waals surface area contributed by atoms with E-state index in [0.717, 1.165) is 5.49 Å². The Labute approximate surface area is 81.1 Å². The van der Waals surface area contributed by atoms with E-state index in [1.54, 1.807) is 18.2 Å². The zero-order chi connectivity index (χ0) is 8.69. The van der Waals surface area contributed by atoms with Crippen LogP contribution in [0.5, 0.6) is 0 Å². The number of hydrogen-bond acceptors (Lipinski definition) is 1. The highest BCUT2D eigenvalue weighted by Crippen LogP contribution is 2.13. The largest absolute Gasteiger partial charge is 0.396 e. The Balaban J connectivity index is 0.000000292. The molecule has 0 aliphatic rings. The van der Waals surface area contributed by atoms with Crippen LogP contribution in [-0.2, 0) is 0 Å². The number of benzene rings is 1. The minimum Gasteiger partial charge on any atom is -0.396 e. The molecule has 0 aliphatic carbocycles. The summed E-state index contributed by atoms with van der Waals surface area (Å²) < 4.78 is 0. The Morgan fingerprint density at radius 2 is 1.64 bits per heavy atom. The van der Waals surface area contributed by atoms with Gasteiger partial charge >= 0.3 is 0 Å². The Bertz CT molecular complexity index is 210. The molecule has 0 saturated heterocycles. The van der Waals surface area contributed by atoms with Gasteiger partial charge in [-0.05, 0) is 18.2 Å². The predicted octanol–water partition coefficient (Wildman–Crippen LogP) is 2.90. The average Bonchev–Trinajstić information content (AvgIpc) is 1.88. The van der Waals surface area contributed by atoms with E-state index in [0.29, 0.717) is 10.0 Å². The third kappa shape index (κ3) is 6.10. The van der Waals surface area contributed by atoms with Crippen LogP contribution in [0.4, 0.5) is 0 Å². The van der Waals surface area contributed by atoms with Crippen LogP contribution in [0.15, 0.2) is 24.3 Å². The van der Waals surface area contributed by atoms with Gasteiger partial charge in [0.25, 0.3) is 0 Å². The van der Waals surface area contributed by atoms with Gasteiger partial charge in [-0.15, -0.1) is 0 Å². The third-order valence-electron chi connectivity index (χ3n) is 0.787. The zero-order valence-corrected chi connectivity index (χ0v) is 7.96. The number of nitrogens with two attached hydrogens (primary N) is 1. The molecule has 0 spiro atoms. The van der Waals surface area contributed by atoms with Gasteiger partial charge in [0.1, 0.15) is 0 Å². The number of thiocarbonyl (C=S) groups is 1. The van der Waals surface area contributed by atoms with Crippen molar-refractivity contribution in [3.8, 4) is 0 Å². The number of hydrogen-bond donors (Lipinski definition) is 1. The molecule has 1 aromatic carbocycles. The highest BCUT2D eigenvalue weighted by atomic mass is 35.5. The molecule has 11 heavy (non-hydrogen) atoms. The second kappa shape index (κ2) is 6.40. The average molecular weight is 208 g/mol. The van der Waals surface area contributed by atoms with Gasteiger partial charge in [-0.3, -0.25) is 0 Å². The summed E-state index contributed by atoms with van der Waals surface area (Å²) >= 11 is 15.2. The fourth-order valence-corrected chi connectivity index (χ4v) is 0.896. The number of halogens is 2. The lowest BCUT2D eigenvalue weighted by Gasteiger charge is -1.86. The molecule has 0 saturated carbocycles. The van der Waals surface area contributed by atoms with E-state index >= 15 is 0 Å². The van der Waals surface area contributed by atoms with E-state index in [9.17, 15) is 0 Å². The fourth-order valence-electron chi connectivity index (χ4n) is 0.460. The van der Waals surface area contributed by atoms with E-state index in [1.807, 2.05) is 6.07 Å². The molecule has 0 aliphatic heterocycles. The van der Waals surface area contributed by atoms with Gasteiger partial charge in [0.05, 0.1) is 5.49 Å². The summed E-state index contributed by atoms with van der Waals surface area (Å²) in [7, 11) is 0. The van der Waals surface area contributed by atoms with Crippen molar-refractivity contribution < 1.29 is 0 Å². The van der Waals surface area contributed by atoms with Crippen LogP contribution in [0.25, 0.3) is 0 Å². The van der Waals surface area contributed by atoms with Gasteiger partial charge in [-0.1, -0.05) is 41.5 Å². The maximum Gasteiger partial charge on any atom is 0.0588 e. The Hall–Kier alpha value is -0.310. The van der Waals surface area contributed by atoms with Crippen LogP contribution < -0.4 is 5.73 Å². The van der Waals surface area contributed by atoms with Crippen LogP contribution in [0.2, 0.25) is 10.0 Å². The lowest BCUT2D eigenvalue weighted by Crippen LogP contribution is -1.79. The molecule has 0 heterocycles. The second-order valence-electron chi connectivity index (χ2n) is 1.58. The molecule has 4 heteroatoms. The molecule has 0 unspecified atom stereocenters. The SMILES string of the molecule is Clc1cccc(Cl)c1.NC=S. The Morgan fingerprint density at radius 1 is 1.27 bits per heavy atom. The smallest absolute Gasteiger partial charge is 0.0588 e. The molecule has 0 bridgehead atoms. The van der Waals surface area contributed by atoms with Crippen molar-refractivity contribution in [3.05, 3.63) is 34.3 Å². The lowest BCUT2D eigenvalue weighted by molar-refractivity contribution is 1.71. The normalized spacial score (nSPS) is 7.82. The summed E-state index contributed by atoms with van der Waals surface area (Å²) in [6.45, 7) is 0. The van der Waals surface area contributed by atoms with Crippen molar-refractivity contribution in [1.82, 2.24) is 0 Å². The highest BCUT2D eigenvalue weighted by Gasteiger charge is 1.84. The molecule has 0 fully saturated rings. The number of rotatable bonds is 0. The van der Waals surface area contributed by atoms with Gasteiger partial charge in [-0.2, -0.15) is 0 Å². The molecular formula is C7H7Cl2NS. The standard InChI is InChI=1S/C6H4Cl2.CH3NS/c7-5-2-1-3-6(8)4-5;2-1-3/h1-4H;1H,(H2,2,3). The molecule has 0 aromatic heterocycles. The van der Waals surface area contributed by atoms with Crippen LogP contribution in [-0.4, -0.2) is 5.49 Å². The summed E-state index contributed by atoms with van der Waals surface area (Å²) in [5.74, 6) is 0. The molecule has 0 radical (unpaired) electrons. The molecular weight excluding hydrogens is 201 g/mol. The van der Waals surface area contributed by atoms with Crippen LogP contribution >= 0.6 is 35.4 Å². The van der Waals surface area contributed by atoms with E-state index in [-0.39, 0.29) is 0 Å². The molecule has 1 nitrogen and oxygen atoms in total. The quantitative estimate of drug-likeness (QED) is 0.663. The minimum atomic E-state index is 0.678. The van der Waals surface area contributed by atoms with Crippen LogP contribution in [0.1, 0.15) is 0 Å². The zero-order valence-electron chi connectivity index (χ0n) is 5.63. The van der Waals surface area contributed by atoms with Gasteiger partial charge in [0, 0.05) is 10.0 Å². The van der Waals surface area contributed by atoms with Crippen LogP contribution in [0, 0.1) is 0 Å². The van der Waals surface area contributed by atoms with Gasteiger partial charge in [0.15, 0.2) is 0 Å². The van der Waals surface area contributed by atoms with Crippen LogP contribution in [0.3, 0.4) is 0 Å². The maximum atomic E-state index is 5.56. The molecule has 0 atom stereocenters. The van der Waals surface area contributed by atoms with E-state index in [2.05, 4.69) is 18.0 Å². The van der Waals surface area contributed by atoms with Crippen molar-refractivity contribution in [2.75, 3.05) is 0 Å². The summed E-state index contributed by atoms with van der Waals surface area (Å²) in [5, 5.41) is 1.36. The molecule has 1 aromatic rings. The first-order valence-corrected chi connectivity index (χ1v) is 4.00. The van der Waals surface area contributed by atoms with Crippen molar-refractivity contribution in [2.24, 2.45) is 5.73 Å². The highest BCUT2D eigenvalue weighted by molar-refractivity contribution is 7.78.